The largest absolute Gasteiger partial charge is 0.593 e. The molecule has 4 N–H and O–H groups in total. The highest BCUT2D eigenvalue weighted by Crippen LogP contribution is 2.40. The van der Waals surface area contributed by atoms with Gasteiger partial charge in [-0.05, 0) is 91.8 Å². The molecule has 42 heavy (non-hydrogen) atoms. The predicted molar refractivity (Wildman–Crippen MR) is 159 cm³/mol. The van der Waals surface area contributed by atoms with Crippen LogP contribution < -0.4 is 5.14 Å². The number of benzene rings is 2. The van der Waals surface area contributed by atoms with Gasteiger partial charge < -0.3 is 14.8 Å². The minimum Gasteiger partial charge on any atom is -0.593 e. The molecule has 1 saturated carbocycles. The fourth-order valence-corrected chi connectivity index (χ4v) is 6.77. The van der Waals surface area contributed by atoms with Crippen molar-refractivity contribution in [3.8, 4) is 16.4 Å². The lowest BCUT2D eigenvalue weighted by molar-refractivity contribution is -0.0454. The molecule has 2 unspecified atom stereocenters. The van der Waals surface area contributed by atoms with Gasteiger partial charge in [0.2, 0.25) is 10.0 Å². The average Bonchev–Trinajstić information content (AvgIpc) is 3.52. The number of thiazole rings is 1. The predicted octanol–water partition coefficient (Wildman–Crippen LogP) is 5.99. The fourth-order valence-electron chi connectivity index (χ4n) is 5.51. The zero-order valence-electron chi connectivity index (χ0n) is 23.1. The van der Waals surface area contributed by atoms with E-state index < -0.39 is 23.5 Å². The zero-order chi connectivity index (χ0) is 29.5. The van der Waals surface area contributed by atoms with Crippen LogP contribution in [0.5, 0.6) is 0 Å². The van der Waals surface area contributed by atoms with Gasteiger partial charge in [0.15, 0.2) is 12.1 Å². The third-order valence-electron chi connectivity index (χ3n) is 8.08. The highest BCUT2D eigenvalue weighted by Gasteiger charge is 2.30. The Morgan fingerprint density at radius 1 is 1.14 bits per heavy atom. The van der Waals surface area contributed by atoms with Crippen molar-refractivity contribution in [2.45, 2.75) is 63.1 Å². The standard InChI is InChI=1S/C31H32F2N4O3S2/c1-17-2-7-20(8-3-17)22-15-21(9-10-24(22)32)29-23(12-19-6-11-28(42(34)40)25(33)13-19)27(14-18-4-5-18)37(36-29)31-35-26(16-41-31)30(38)39/h6-7,9-11,13,15-18,30,38-39H,2-5,8,12,14,34H2,1H3. The van der Waals surface area contributed by atoms with E-state index in [2.05, 4.69) is 18.0 Å². The van der Waals surface area contributed by atoms with Gasteiger partial charge in [-0.1, -0.05) is 19.1 Å². The minimum absolute atomic E-state index is 0.0657. The van der Waals surface area contributed by atoms with Gasteiger partial charge in [0.1, 0.15) is 11.5 Å². The number of aliphatic hydroxyl groups is 2. The number of hydrogen-bond acceptors (Lipinski definition) is 7. The quantitative estimate of drug-likeness (QED) is 0.158. The second kappa shape index (κ2) is 12.0. The number of nitrogens with two attached hydrogens (primary N) is 1. The van der Waals surface area contributed by atoms with Crippen molar-refractivity contribution in [2.24, 2.45) is 17.0 Å². The van der Waals surface area contributed by atoms with E-state index in [4.69, 9.17) is 10.2 Å². The van der Waals surface area contributed by atoms with Crippen LogP contribution in [0.4, 0.5) is 8.78 Å². The first-order valence-electron chi connectivity index (χ1n) is 14.0. The lowest BCUT2D eigenvalue weighted by Gasteiger charge is -2.19. The Morgan fingerprint density at radius 2 is 1.95 bits per heavy atom. The van der Waals surface area contributed by atoms with Crippen molar-refractivity contribution in [3.63, 3.8) is 0 Å². The number of aromatic nitrogens is 3. The van der Waals surface area contributed by atoms with Gasteiger partial charge in [0.25, 0.3) is 0 Å². The molecule has 2 heterocycles. The first kappa shape index (κ1) is 29.2. The van der Waals surface area contributed by atoms with Crippen LogP contribution in [0.25, 0.3) is 22.0 Å². The van der Waals surface area contributed by atoms with Crippen LogP contribution in [0.1, 0.15) is 73.4 Å². The van der Waals surface area contributed by atoms with Crippen molar-refractivity contribution in [3.05, 3.63) is 87.6 Å². The van der Waals surface area contributed by atoms with Gasteiger partial charge in [0.05, 0.1) is 22.7 Å². The normalized spacial score (nSPS) is 18.0. The van der Waals surface area contributed by atoms with Gasteiger partial charge in [-0.15, -0.1) is 16.5 Å². The van der Waals surface area contributed by atoms with E-state index in [1.807, 2.05) is 6.07 Å². The molecule has 2 aromatic heterocycles. The molecule has 2 aromatic carbocycles. The Balaban J connectivity index is 1.51. The molecule has 0 aliphatic heterocycles. The van der Waals surface area contributed by atoms with Gasteiger partial charge in [-0.2, -0.15) is 5.10 Å². The minimum atomic E-state index is -1.95. The second-order valence-corrected chi connectivity index (χ2v) is 13.2. The number of allylic oxidation sites excluding steroid dienone is 2. The van der Waals surface area contributed by atoms with E-state index in [-0.39, 0.29) is 16.4 Å². The molecule has 0 amide bonds. The van der Waals surface area contributed by atoms with Gasteiger partial charge in [0, 0.05) is 28.5 Å². The SMILES string of the molecule is CC1CC=C(c2cc(-c3nn(-c4nc(C(O)O)cs4)c(CC4CC4)c3Cc3ccc([S+](N)[O-])c(F)c3)ccc2F)CC1. The van der Waals surface area contributed by atoms with E-state index in [1.54, 1.807) is 22.2 Å². The third kappa shape index (κ3) is 6.08. The molecule has 0 bridgehead atoms. The second-order valence-electron chi connectivity index (χ2n) is 11.3. The van der Waals surface area contributed by atoms with Crippen LogP contribution in [0.3, 0.4) is 0 Å². The molecule has 4 aromatic rings. The zero-order valence-corrected chi connectivity index (χ0v) is 24.7. The van der Waals surface area contributed by atoms with Crippen LogP contribution in [0.15, 0.2) is 52.7 Å². The number of rotatable bonds is 9. The van der Waals surface area contributed by atoms with Crippen LogP contribution in [0.2, 0.25) is 0 Å². The molecular formula is C31H32F2N4O3S2. The fraction of sp³-hybridized carbons (Fsp3) is 0.355. The summed E-state index contributed by atoms with van der Waals surface area (Å²) in [6, 6.07) is 9.53. The van der Waals surface area contributed by atoms with Crippen molar-refractivity contribution < 1.29 is 23.5 Å². The lowest BCUT2D eigenvalue weighted by Crippen LogP contribution is -2.14. The maximum absolute atomic E-state index is 15.2. The van der Waals surface area contributed by atoms with Gasteiger partial charge in [-0.3, -0.25) is 0 Å². The molecular weight excluding hydrogens is 578 g/mol. The summed E-state index contributed by atoms with van der Waals surface area (Å²) in [5.41, 5.74) is 5.43. The first-order valence-corrected chi connectivity index (χ1v) is 16.1. The van der Waals surface area contributed by atoms with Crippen LogP contribution in [-0.2, 0) is 24.2 Å². The summed E-state index contributed by atoms with van der Waals surface area (Å²) in [4.78, 5) is 4.36. The van der Waals surface area contributed by atoms with E-state index in [0.717, 1.165) is 54.5 Å². The van der Waals surface area contributed by atoms with Crippen LogP contribution >= 0.6 is 11.3 Å². The summed E-state index contributed by atoms with van der Waals surface area (Å²) in [7, 11) is 0. The van der Waals surface area contributed by atoms with Crippen molar-refractivity contribution in [2.75, 3.05) is 0 Å². The summed E-state index contributed by atoms with van der Waals surface area (Å²) in [6.45, 7) is 2.20. The average molecular weight is 611 g/mol. The maximum Gasteiger partial charge on any atom is 0.210 e. The summed E-state index contributed by atoms with van der Waals surface area (Å²) < 4.78 is 43.5. The molecule has 6 rings (SSSR count). The number of hydrogen-bond donors (Lipinski definition) is 3. The monoisotopic (exact) mass is 610 g/mol. The van der Waals surface area contributed by atoms with Gasteiger partial charge >= 0.3 is 0 Å². The molecule has 0 saturated heterocycles. The Morgan fingerprint density at radius 3 is 2.60 bits per heavy atom. The number of nitrogens with zero attached hydrogens (tertiary/aromatic N) is 3. The van der Waals surface area contributed by atoms with E-state index in [9.17, 15) is 19.2 Å². The molecule has 2 atom stereocenters. The molecule has 0 radical (unpaired) electrons. The van der Waals surface area contributed by atoms with Gasteiger partial charge in [-0.25, -0.2) is 18.4 Å². The molecule has 220 valence electrons. The molecule has 2 aliphatic carbocycles. The van der Waals surface area contributed by atoms with E-state index in [0.29, 0.717) is 46.6 Å². The Kier molecular flexibility index (Phi) is 8.32. The first-order chi connectivity index (χ1) is 20.2. The maximum atomic E-state index is 15.2. The van der Waals surface area contributed by atoms with Crippen molar-refractivity contribution in [1.29, 1.82) is 0 Å². The third-order valence-corrected chi connectivity index (χ3v) is 9.68. The molecule has 7 nitrogen and oxygen atoms in total. The number of halogens is 2. The van der Waals surface area contributed by atoms with Crippen molar-refractivity contribution in [1.82, 2.24) is 14.8 Å². The number of aliphatic hydroxyl groups excluding tert-OH is 1. The topological polar surface area (TPSA) is 120 Å². The smallest absolute Gasteiger partial charge is 0.210 e. The summed E-state index contributed by atoms with van der Waals surface area (Å²) in [6.07, 6.45) is 6.31. The Bertz CT molecular complexity index is 1650. The van der Waals surface area contributed by atoms with Crippen molar-refractivity contribution >= 4 is 28.3 Å². The highest BCUT2D eigenvalue weighted by molar-refractivity contribution is 7.89. The van der Waals surface area contributed by atoms with Crippen LogP contribution in [0, 0.1) is 23.5 Å². The summed E-state index contributed by atoms with van der Waals surface area (Å²) in [5.74, 6) is 0.103. The lowest BCUT2D eigenvalue weighted by atomic mass is 9.86. The molecule has 2 aliphatic rings. The summed E-state index contributed by atoms with van der Waals surface area (Å²) in [5, 5.41) is 31.9. The summed E-state index contributed by atoms with van der Waals surface area (Å²) >= 11 is -0.701. The molecule has 0 spiro atoms. The van der Waals surface area contributed by atoms with E-state index in [1.165, 1.54) is 29.5 Å². The Labute approximate surface area is 250 Å². The Hall–Kier alpha value is -2.93. The molecule has 11 heteroatoms. The highest BCUT2D eigenvalue weighted by atomic mass is 32.2. The van der Waals surface area contributed by atoms with Crippen LogP contribution in [-0.4, -0.2) is 29.5 Å². The van der Waals surface area contributed by atoms with E-state index >= 15 is 4.39 Å². The molecule has 1 fully saturated rings.